The number of nitrogens with one attached hydrogen (secondary N) is 1. The lowest BCUT2D eigenvalue weighted by Gasteiger charge is -2.16. The van der Waals surface area contributed by atoms with Gasteiger partial charge in [0.1, 0.15) is 13.2 Å². The zero-order valence-electron chi connectivity index (χ0n) is 12.7. The lowest BCUT2D eigenvalue weighted by molar-refractivity contribution is 0.00708. The van der Waals surface area contributed by atoms with E-state index in [1.807, 2.05) is 12.1 Å². The van der Waals surface area contributed by atoms with Crippen LogP contribution in [0.5, 0.6) is 11.5 Å². The molecule has 0 bridgehead atoms. The molecule has 1 aliphatic heterocycles. The first-order valence-corrected chi connectivity index (χ1v) is 8.18. The Labute approximate surface area is 146 Å². The maximum atomic E-state index is 5.74. The summed E-state index contributed by atoms with van der Waals surface area (Å²) in [5.41, 5.74) is 0.760. The van der Waals surface area contributed by atoms with E-state index in [4.69, 9.17) is 48.5 Å². The van der Waals surface area contributed by atoms with Gasteiger partial charge >= 0.3 is 0 Å². The maximum Gasteiger partial charge on any atom is 0.163 e. The Morgan fingerprint density at radius 3 is 1.91 bits per heavy atom. The third kappa shape index (κ3) is 7.28. The van der Waals surface area contributed by atoms with Crippen LogP contribution in [0.2, 0.25) is 0 Å². The van der Waals surface area contributed by atoms with E-state index in [0.717, 1.165) is 5.69 Å². The summed E-state index contributed by atoms with van der Waals surface area (Å²) in [6, 6.07) is 5.45. The van der Waals surface area contributed by atoms with Gasteiger partial charge in [-0.05, 0) is 12.1 Å². The molecule has 0 unspecified atom stereocenters. The van der Waals surface area contributed by atoms with Gasteiger partial charge in [0.2, 0.25) is 0 Å². The molecular formula is C15H20NO5S2-. The molecule has 8 heteroatoms. The van der Waals surface area contributed by atoms with Gasteiger partial charge in [0.25, 0.3) is 0 Å². The quantitative estimate of drug-likeness (QED) is 0.602. The molecule has 0 spiro atoms. The lowest BCUT2D eigenvalue weighted by atomic mass is 10.3. The molecule has 6 nitrogen and oxygen atoms in total. The summed E-state index contributed by atoms with van der Waals surface area (Å²) >= 11 is 9.75. The molecule has 0 saturated carbocycles. The number of hydrogen-bond acceptors (Lipinski definition) is 7. The number of ether oxygens (including phenoxy) is 5. The van der Waals surface area contributed by atoms with Gasteiger partial charge in [0.15, 0.2) is 11.5 Å². The van der Waals surface area contributed by atoms with Crippen molar-refractivity contribution in [3.8, 4) is 11.5 Å². The fourth-order valence-electron chi connectivity index (χ4n) is 1.90. The minimum absolute atomic E-state index is 0.278. The topological polar surface area (TPSA) is 58.2 Å². The molecular weight excluding hydrogens is 338 g/mol. The van der Waals surface area contributed by atoms with Crippen LogP contribution in [0.4, 0.5) is 5.69 Å². The van der Waals surface area contributed by atoms with Crippen LogP contribution >= 0.6 is 12.2 Å². The Morgan fingerprint density at radius 2 is 1.35 bits per heavy atom. The third-order valence-corrected chi connectivity index (χ3v) is 3.11. The normalized spacial score (nSPS) is 17.6. The van der Waals surface area contributed by atoms with E-state index in [-0.39, 0.29) is 4.32 Å². The highest BCUT2D eigenvalue weighted by molar-refractivity contribution is 8.00. The second-order valence-electron chi connectivity index (χ2n) is 4.61. The van der Waals surface area contributed by atoms with E-state index in [9.17, 15) is 0 Å². The Morgan fingerprint density at radius 1 is 0.826 bits per heavy atom. The first kappa shape index (κ1) is 18.2. The van der Waals surface area contributed by atoms with E-state index >= 15 is 0 Å². The first-order valence-electron chi connectivity index (χ1n) is 7.36. The van der Waals surface area contributed by atoms with Crippen molar-refractivity contribution in [2.45, 2.75) is 0 Å². The maximum absolute atomic E-state index is 5.74. The molecule has 128 valence electrons. The third-order valence-electron chi connectivity index (χ3n) is 2.90. The van der Waals surface area contributed by atoms with Gasteiger partial charge in [-0.3, -0.25) is 0 Å². The lowest BCUT2D eigenvalue weighted by Crippen LogP contribution is -2.13. The van der Waals surface area contributed by atoms with Gasteiger partial charge in [0.05, 0.1) is 39.6 Å². The van der Waals surface area contributed by atoms with E-state index < -0.39 is 0 Å². The Hall–Kier alpha value is -1.19. The van der Waals surface area contributed by atoms with Crippen molar-refractivity contribution >= 4 is 34.9 Å². The molecule has 0 saturated heterocycles. The molecule has 0 aliphatic carbocycles. The van der Waals surface area contributed by atoms with Crippen LogP contribution < -0.4 is 14.8 Å². The summed E-state index contributed by atoms with van der Waals surface area (Å²) in [5, 5.41) is 2.91. The molecule has 0 atom stereocenters. The van der Waals surface area contributed by atoms with Crippen molar-refractivity contribution < 1.29 is 23.7 Å². The highest BCUT2D eigenvalue weighted by Gasteiger charge is 2.07. The monoisotopic (exact) mass is 358 g/mol. The molecule has 1 aromatic carbocycles. The van der Waals surface area contributed by atoms with Gasteiger partial charge in [-0.25, -0.2) is 0 Å². The number of thiocarbonyl (C=S) groups is 1. The molecule has 1 aromatic rings. The zero-order valence-corrected chi connectivity index (χ0v) is 14.4. The van der Waals surface area contributed by atoms with E-state index in [1.165, 1.54) is 0 Å². The Balaban J connectivity index is 2.01. The number of anilines is 1. The van der Waals surface area contributed by atoms with Crippen LogP contribution in [0.1, 0.15) is 0 Å². The SMILES string of the molecule is S=C([S-])Nc1ccc2c(c1)OCCOCCOCCOCCO2. The predicted octanol–water partition coefficient (Wildman–Crippen LogP) is 1.75. The van der Waals surface area contributed by atoms with Gasteiger partial charge in [-0.1, -0.05) is 4.32 Å². The van der Waals surface area contributed by atoms with Gasteiger partial charge in [-0.2, -0.15) is 0 Å². The minimum Gasteiger partial charge on any atom is -0.487 e. The van der Waals surface area contributed by atoms with Crippen molar-refractivity contribution in [3.63, 3.8) is 0 Å². The van der Waals surface area contributed by atoms with Crippen LogP contribution in [0.15, 0.2) is 18.2 Å². The summed E-state index contributed by atoms with van der Waals surface area (Å²) in [5.74, 6) is 1.25. The molecule has 1 N–H and O–H groups in total. The van der Waals surface area contributed by atoms with Crippen molar-refractivity contribution in [3.05, 3.63) is 18.2 Å². The molecule has 2 rings (SSSR count). The molecule has 1 heterocycles. The minimum atomic E-state index is 0.278. The van der Waals surface area contributed by atoms with Gasteiger partial charge in [0, 0.05) is 11.8 Å². The van der Waals surface area contributed by atoms with Crippen LogP contribution in [-0.4, -0.2) is 57.2 Å². The molecule has 1 aliphatic rings. The predicted molar refractivity (Wildman–Crippen MR) is 93.5 cm³/mol. The molecule has 0 fully saturated rings. The van der Waals surface area contributed by atoms with E-state index in [1.54, 1.807) is 6.07 Å². The molecule has 0 amide bonds. The zero-order chi connectivity index (χ0) is 16.3. The first-order chi connectivity index (χ1) is 11.3. The van der Waals surface area contributed by atoms with E-state index in [0.29, 0.717) is 64.4 Å². The van der Waals surface area contributed by atoms with Crippen molar-refractivity contribution in [2.24, 2.45) is 0 Å². The average molecular weight is 358 g/mol. The average Bonchev–Trinajstić information content (AvgIpc) is 2.53. The molecule has 23 heavy (non-hydrogen) atoms. The van der Waals surface area contributed by atoms with Crippen LogP contribution in [0.3, 0.4) is 0 Å². The van der Waals surface area contributed by atoms with Crippen LogP contribution in [-0.2, 0) is 26.8 Å². The Bertz CT molecular complexity index is 501. The highest BCUT2D eigenvalue weighted by Crippen LogP contribution is 2.30. The number of benzene rings is 1. The summed E-state index contributed by atoms with van der Waals surface area (Å²) in [4.78, 5) is 0. The summed E-state index contributed by atoms with van der Waals surface area (Å²) in [6.07, 6.45) is 0. The van der Waals surface area contributed by atoms with Gasteiger partial charge in [-0.15, -0.1) is 0 Å². The van der Waals surface area contributed by atoms with Crippen LogP contribution in [0.25, 0.3) is 0 Å². The van der Waals surface area contributed by atoms with Crippen molar-refractivity contribution in [1.29, 1.82) is 0 Å². The summed E-state index contributed by atoms with van der Waals surface area (Å²) in [7, 11) is 0. The van der Waals surface area contributed by atoms with E-state index in [2.05, 4.69) is 5.32 Å². The number of rotatable bonds is 1. The Kier molecular flexibility index (Phi) is 8.33. The van der Waals surface area contributed by atoms with Crippen molar-refractivity contribution in [2.75, 3.05) is 58.2 Å². The number of hydrogen-bond donors (Lipinski definition) is 1. The largest absolute Gasteiger partial charge is 0.487 e. The van der Waals surface area contributed by atoms with Gasteiger partial charge < -0.3 is 53.8 Å². The summed E-state index contributed by atoms with van der Waals surface area (Å²) < 4.78 is 27.9. The molecule has 0 radical (unpaired) electrons. The highest BCUT2D eigenvalue weighted by atomic mass is 32.1. The van der Waals surface area contributed by atoms with Crippen molar-refractivity contribution in [1.82, 2.24) is 0 Å². The standard InChI is InChI=1S/C15H21NO5S2/c22-15(23)16-12-1-2-13-14(11-12)21-10-8-19-6-4-17-3-5-18-7-9-20-13/h1-2,11H,3-10H2,(H2,16,22,23)/p-1. The van der Waals surface area contributed by atoms with Crippen LogP contribution in [0, 0.1) is 0 Å². The summed E-state index contributed by atoms with van der Waals surface area (Å²) in [6.45, 7) is 3.94. The molecule has 0 aromatic heterocycles. The fraction of sp³-hybridized carbons (Fsp3) is 0.533. The fourth-order valence-corrected chi connectivity index (χ4v) is 2.13. The second kappa shape index (κ2) is 10.6. The number of fused-ring (bicyclic) bond motifs is 1. The smallest absolute Gasteiger partial charge is 0.163 e. The second-order valence-corrected chi connectivity index (χ2v) is 5.68.